The summed E-state index contributed by atoms with van der Waals surface area (Å²) in [5, 5.41) is 3.17. The molecule has 2 fully saturated rings. The number of likely N-dealkylation sites (tertiary alicyclic amines) is 1. The maximum absolute atomic E-state index is 12.9. The fourth-order valence-corrected chi connectivity index (χ4v) is 4.04. The van der Waals surface area contributed by atoms with E-state index < -0.39 is 0 Å². The minimum absolute atomic E-state index is 0.0434. The lowest BCUT2D eigenvalue weighted by atomic mass is 9.87. The van der Waals surface area contributed by atoms with Gasteiger partial charge in [-0.15, -0.1) is 0 Å². The van der Waals surface area contributed by atoms with Crippen molar-refractivity contribution < 1.29 is 9.59 Å². The molecule has 1 saturated carbocycles. The predicted molar refractivity (Wildman–Crippen MR) is 110 cm³/mol. The molecule has 0 spiro atoms. The summed E-state index contributed by atoms with van der Waals surface area (Å²) in [7, 11) is 0. The zero-order valence-corrected chi connectivity index (χ0v) is 16.4. The molecule has 1 heterocycles. The minimum Gasteiger partial charge on any atom is -0.352 e. The van der Waals surface area contributed by atoms with Crippen LogP contribution in [0.3, 0.4) is 0 Å². The fraction of sp³-hybridized carbons (Fsp3) is 0.417. The molecule has 28 heavy (non-hydrogen) atoms. The Kier molecular flexibility index (Phi) is 5.58. The first-order valence-corrected chi connectivity index (χ1v) is 10.3. The molecule has 0 unspecified atom stereocenters. The molecule has 0 aromatic heterocycles. The second-order valence-electron chi connectivity index (χ2n) is 8.14. The van der Waals surface area contributed by atoms with Crippen molar-refractivity contribution in [1.29, 1.82) is 0 Å². The third-order valence-electron chi connectivity index (χ3n) is 5.89. The molecule has 4 heteroatoms. The Morgan fingerprint density at radius 1 is 0.929 bits per heavy atom. The lowest BCUT2D eigenvalue weighted by Gasteiger charge is -2.36. The van der Waals surface area contributed by atoms with Crippen molar-refractivity contribution in [1.82, 2.24) is 10.2 Å². The monoisotopic (exact) mass is 376 g/mol. The van der Waals surface area contributed by atoms with Gasteiger partial charge >= 0.3 is 0 Å². The molecule has 0 bridgehead atoms. The number of aryl methyl sites for hydroxylation is 1. The van der Waals surface area contributed by atoms with Crippen LogP contribution in [0.25, 0.3) is 0 Å². The molecule has 4 nitrogen and oxygen atoms in total. The molecule has 2 aromatic carbocycles. The van der Waals surface area contributed by atoms with Gasteiger partial charge < -0.3 is 5.32 Å². The number of carbonyl (C=O) groups is 2. The molecule has 1 aliphatic carbocycles. The Labute approximate surface area is 166 Å². The summed E-state index contributed by atoms with van der Waals surface area (Å²) >= 11 is 0. The van der Waals surface area contributed by atoms with Gasteiger partial charge in [-0.3, -0.25) is 14.5 Å². The van der Waals surface area contributed by atoms with E-state index >= 15 is 0 Å². The van der Waals surface area contributed by atoms with Gasteiger partial charge in [0.05, 0.1) is 0 Å². The van der Waals surface area contributed by atoms with Crippen molar-refractivity contribution in [3.63, 3.8) is 0 Å². The van der Waals surface area contributed by atoms with Crippen molar-refractivity contribution >= 4 is 11.7 Å². The summed E-state index contributed by atoms with van der Waals surface area (Å²) in [4.78, 5) is 28.0. The van der Waals surface area contributed by atoms with Crippen molar-refractivity contribution in [3.8, 4) is 0 Å². The molecule has 2 aromatic rings. The van der Waals surface area contributed by atoms with Gasteiger partial charge in [-0.2, -0.15) is 0 Å². The van der Waals surface area contributed by atoms with Gasteiger partial charge in [-0.1, -0.05) is 60.2 Å². The highest BCUT2D eigenvalue weighted by Crippen LogP contribution is 2.30. The van der Waals surface area contributed by atoms with Crippen molar-refractivity contribution in [2.45, 2.75) is 44.7 Å². The van der Waals surface area contributed by atoms with Crippen LogP contribution >= 0.6 is 0 Å². The maximum atomic E-state index is 12.9. The third kappa shape index (κ3) is 4.33. The normalized spacial score (nSPS) is 19.2. The lowest BCUT2D eigenvalue weighted by Crippen LogP contribution is -2.45. The van der Waals surface area contributed by atoms with E-state index in [9.17, 15) is 9.59 Å². The summed E-state index contributed by atoms with van der Waals surface area (Å²) in [5.74, 6) is 0.372. The molecule has 1 saturated heterocycles. The summed E-state index contributed by atoms with van der Waals surface area (Å²) in [6.45, 7) is 3.56. The number of amides is 1. The molecule has 1 N–H and O–H groups in total. The number of carbonyl (C=O) groups excluding carboxylic acids is 2. The number of ketones is 1. The smallest absolute Gasteiger partial charge is 0.242 e. The molecule has 1 atom stereocenters. The Hall–Kier alpha value is -2.46. The van der Waals surface area contributed by atoms with Gasteiger partial charge in [0.1, 0.15) is 6.04 Å². The summed E-state index contributed by atoms with van der Waals surface area (Å²) in [6, 6.07) is 17.9. The van der Waals surface area contributed by atoms with Crippen LogP contribution < -0.4 is 5.32 Å². The van der Waals surface area contributed by atoms with Gasteiger partial charge in [0.15, 0.2) is 5.78 Å². The standard InChI is InChI=1S/C24H28N2O2/c1-17-7-9-19(10-8-17)23(27)20-13-15-26(16-14-20)22(18-5-3-2-4-6-18)24(28)25-21-11-12-21/h2-10,20-22H,11-16H2,1H3,(H,25,28)/t22-/m1/s1. The largest absolute Gasteiger partial charge is 0.352 e. The number of Topliss-reactive ketones (excluding diaryl/α,β-unsaturated/α-hetero) is 1. The summed E-state index contributed by atoms with van der Waals surface area (Å²) in [5.41, 5.74) is 3.00. The van der Waals surface area contributed by atoms with Crippen LogP contribution in [-0.2, 0) is 4.79 Å². The number of nitrogens with zero attached hydrogens (tertiary/aromatic N) is 1. The predicted octanol–water partition coefficient (Wildman–Crippen LogP) is 3.91. The maximum Gasteiger partial charge on any atom is 0.242 e. The molecule has 146 valence electrons. The number of nitrogens with one attached hydrogen (secondary N) is 1. The highest BCUT2D eigenvalue weighted by Gasteiger charge is 2.35. The van der Waals surface area contributed by atoms with Crippen LogP contribution in [0.5, 0.6) is 0 Å². The van der Waals surface area contributed by atoms with Gasteiger partial charge in [-0.25, -0.2) is 0 Å². The minimum atomic E-state index is -0.266. The molecule has 1 aliphatic heterocycles. The highest BCUT2D eigenvalue weighted by molar-refractivity contribution is 5.98. The van der Waals surface area contributed by atoms with Crippen molar-refractivity contribution in [2.24, 2.45) is 5.92 Å². The van der Waals surface area contributed by atoms with E-state index in [-0.39, 0.29) is 23.7 Å². The highest BCUT2D eigenvalue weighted by atomic mass is 16.2. The SMILES string of the molecule is Cc1ccc(C(=O)C2CCN([C@@H](C(=O)NC3CC3)c3ccccc3)CC2)cc1. The Morgan fingerprint density at radius 3 is 2.18 bits per heavy atom. The first-order valence-electron chi connectivity index (χ1n) is 10.3. The average Bonchev–Trinajstić information content (AvgIpc) is 3.53. The Morgan fingerprint density at radius 2 is 1.57 bits per heavy atom. The van der Waals surface area contributed by atoms with E-state index in [0.717, 1.165) is 49.9 Å². The van der Waals surface area contributed by atoms with Crippen LogP contribution in [0.4, 0.5) is 0 Å². The Balaban J connectivity index is 1.44. The van der Waals surface area contributed by atoms with Crippen molar-refractivity contribution in [2.75, 3.05) is 13.1 Å². The zero-order valence-electron chi connectivity index (χ0n) is 16.4. The molecule has 1 amide bonds. The van der Waals surface area contributed by atoms with Crippen LogP contribution in [0.1, 0.15) is 53.2 Å². The number of hydrogen-bond acceptors (Lipinski definition) is 3. The molecular weight excluding hydrogens is 348 g/mol. The van der Waals surface area contributed by atoms with Crippen LogP contribution in [-0.4, -0.2) is 35.7 Å². The molecule has 4 rings (SSSR count). The average molecular weight is 377 g/mol. The van der Waals surface area contributed by atoms with Gasteiger partial charge in [0.25, 0.3) is 0 Å². The van der Waals surface area contributed by atoms with Crippen LogP contribution in [0, 0.1) is 12.8 Å². The second-order valence-corrected chi connectivity index (χ2v) is 8.14. The van der Waals surface area contributed by atoms with E-state index in [2.05, 4.69) is 10.2 Å². The lowest BCUT2D eigenvalue weighted by molar-refractivity contribution is -0.127. The number of piperidine rings is 1. The van der Waals surface area contributed by atoms with E-state index in [1.165, 1.54) is 5.56 Å². The summed E-state index contributed by atoms with van der Waals surface area (Å²) < 4.78 is 0. The first kappa shape index (κ1) is 18.9. The van der Waals surface area contributed by atoms with Gasteiger partial charge in [0.2, 0.25) is 5.91 Å². The van der Waals surface area contributed by atoms with Crippen LogP contribution in [0.2, 0.25) is 0 Å². The first-order chi connectivity index (χ1) is 13.6. The Bertz CT molecular complexity index is 819. The van der Waals surface area contributed by atoms with E-state index in [0.29, 0.717) is 6.04 Å². The van der Waals surface area contributed by atoms with Crippen LogP contribution in [0.15, 0.2) is 54.6 Å². The topological polar surface area (TPSA) is 49.4 Å². The number of rotatable bonds is 6. The number of hydrogen-bond donors (Lipinski definition) is 1. The molecule has 0 radical (unpaired) electrons. The van der Waals surface area contributed by atoms with E-state index in [4.69, 9.17) is 0 Å². The summed E-state index contributed by atoms with van der Waals surface area (Å²) in [6.07, 6.45) is 3.76. The zero-order chi connectivity index (χ0) is 19.5. The van der Waals surface area contributed by atoms with Gasteiger partial charge in [-0.05, 0) is 51.3 Å². The number of benzene rings is 2. The fourth-order valence-electron chi connectivity index (χ4n) is 4.04. The second kappa shape index (κ2) is 8.27. The van der Waals surface area contributed by atoms with E-state index in [1.54, 1.807) is 0 Å². The quantitative estimate of drug-likeness (QED) is 0.778. The molecular formula is C24H28N2O2. The molecule has 2 aliphatic rings. The van der Waals surface area contributed by atoms with E-state index in [1.807, 2.05) is 61.5 Å². The van der Waals surface area contributed by atoms with Crippen molar-refractivity contribution in [3.05, 3.63) is 71.3 Å². The third-order valence-corrected chi connectivity index (χ3v) is 5.89. The van der Waals surface area contributed by atoms with Gasteiger partial charge in [0, 0.05) is 17.5 Å².